The third kappa shape index (κ3) is 65.4. The smallest absolute Gasteiger partial charge is 0.306 e. The van der Waals surface area contributed by atoms with Crippen molar-refractivity contribution in [2.24, 2.45) is 0 Å². The molecule has 0 fully saturated rings. The van der Waals surface area contributed by atoms with Crippen molar-refractivity contribution in [3.63, 3.8) is 0 Å². The van der Waals surface area contributed by atoms with Gasteiger partial charge >= 0.3 is 17.9 Å². The summed E-state index contributed by atoms with van der Waals surface area (Å²) >= 11 is 0. The van der Waals surface area contributed by atoms with Gasteiger partial charge in [-0.2, -0.15) is 0 Å². The zero-order valence-electron chi connectivity index (χ0n) is 53.1. The van der Waals surface area contributed by atoms with Crippen molar-refractivity contribution in [1.82, 2.24) is 0 Å². The number of rotatable bonds is 63. The molecule has 6 heteroatoms. The quantitative estimate of drug-likeness (QED) is 0.0261. The summed E-state index contributed by atoms with van der Waals surface area (Å²) in [5.74, 6) is -0.876. The second-order valence-electron chi connectivity index (χ2n) is 23.1. The standard InChI is InChI=1S/C74H130O6/c1-4-7-10-13-16-19-22-24-26-28-30-31-32-33-34-35-36-37-38-39-40-41-42-43-45-46-48-50-52-55-58-61-64-67-73(76)79-70-71(69-78-72(75)66-63-60-57-54-21-18-15-12-9-6-3)80-74(77)68-65-62-59-56-53-51-49-47-44-29-27-25-23-20-17-14-11-8-5-2/h7,10,12,15-17,19-20,24-27,30-31,71H,4-6,8-9,11,13-14,18,21-23,28-29,32-70H2,1-3H3/b10-7-,15-12-,19-16-,20-17-,26-24-,27-25-,31-30-. The van der Waals surface area contributed by atoms with Crippen LogP contribution in [0, 0.1) is 0 Å². The minimum absolute atomic E-state index is 0.0767. The first kappa shape index (κ1) is 76.6. The van der Waals surface area contributed by atoms with Gasteiger partial charge in [0.25, 0.3) is 0 Å². The van der Waals surface area contributed by atoms with Crippen molar-refractivity contribution < 1.29 is 28.6 Å². The van der Waals surface area contributed by atoms with Crippen molar-refractivity contribution in [2.45, 2.75) is 354 Å². The lowest BCUT2D eigenvalue weighted by Crippen LogP contribution is -2.30. The van der Waals surface area contributed by atoms with Crippen LogP contribution >= 0.6 is 0 Å². The molecule has 0 heterocycles. The van der Waals surface area contributed by atoms with Gasteiger partial charge in [0, 0.05) is 19.3 Å². The Morgan fingerprint density at radius 3 is 0.825 bits per heavy atom. The Morgan fingerprint density at radius 2 is 0.512 bits per heavy atom. The van der Waals surface area contributed by atoms with Crippen molar-refractivity contribution in [3.8, 4) is 0 Å². The maximum absolute atomic E-state index is 12.9. The maximum Gasteiger partial charge on any atom is 0.306 e. The van der Waals surface area contributed by atoms with Crippen molar-refractivity contribution in [3.05, 3.63) is 85.1 Å². The van der Waals surface area contributed by atoms with Gasteiger partial charge in [0.1, 0.15) is 13.2 Å². The maximum atomic E-state index is 12.9. The lowest BCUT2D eigenvalue weighted by atomic mass is 10.0. The molecule has 6 nitrogen and oxygen atoms in total. The van der Waals surface area contributed by atoms with Gasteiger partial charge in [-0.3, -0.25) is 14.4 Å². The van der Waals surface area contributed by atoms with Crippen LogP contribution in [0.25, 0.3) is 0 Å². The molecule has 80 heavy (non-hydrogen) atoms. The van der Waals surface area contributed by atoms with Gasteiger partial charge in [0.15, 0.2) is 6.10 Å². The van der Waals surface area contributed by atoms with Crippen molar-refractivity contribution >= 4 is 17.9 Å². The van der Waals surface area contributed by atoms with Crippen LogP contribution in [-0.4, -0.2) is 37.2 Å². The summed E-state index contributed by atoms with van der Waals surface area (Å²) < 4.78 is 16.9. The van der Waals surface area contributed by atoms with E-state index in [9.17, 15) is 14.4 Å². The molecule has 0 aromatic rings. The highest BCUT2D eigenvalue weighted by Crippen LogP contribution is 2.18. The number of ether oxygens (including phenoxy) is 3. The summed E-state index contributed by atoms with van der Waals surface area (Å²) in [4.78, 5) is 38.3. The molecule has 0 aromatic heterocycles. The average Bonchev–Trinajstić information content (AvgIpc) is 3.46. The highest BCUT2D eigenvalue weighted by molar-refractivity contribution is 5.71. The lowest BCUT2D eigenvalue weighted by Gasteiger charge is -2.18. The topological polar surface area (TPSA) is 78.9 Å². The SMILES string of the molecule is CC/C=C\C/C=C\C/C=C\C/C=C\CCCCCCCCCCCCCCCCCCCCCCC(=O)OCC(COC(=O)CCCCCCC/C=C\CCC)OC(=O)CCCCCCCCCCC/C=C\C/C=C\CCCCC. The van der Waals surface area contributed by atoms with E-state index in [0.29, 0.717) is 19.3 Å². The Kier molecular flexibility index (Phi) is 65.2. The van der Waals surface area contributed by atoms with E-state index in [4.69, 9.17) is 14.2 Å². The molecule has 0 spiro atoms. The first-order valence-electron chi connectivity index (χ1n) is 34.6. The van der Waals surface area contributed by atoms with E-state index in [1.807, 2.05) is 0 Å². The predicted octanol–water partition coefficient (Wildman–Crippen LogP) is 23.8. The van der Waals surface area contributed by atoms with Crippen molar-refractivity contribution in [2.75, 3.05) is 13.2 Å². The van der Waals surface area contributed by atoms with E-state index in [1.165, 1.54) is 205 Å². The highest BCUT2D eigenvalue weighted by Gasteiger charge is 2.19. The number of hydrogen-bond donors (Lipinski definition) is 0. The van der Waals surface area contributed by atoms with Crippen LogP contribution in [0.3, 0.4) is 0 Å². The van der Waals surface area contributed by atoms with Crippen molar-refractivity contribution in [1.29, 1.82) is 0 Å². The van der Waals surface area contributed by atoms with E-state index in [2.05, 4.69) is 106 Å². The molecule has 0 saturated carbocycles. The molecule has 0 aliphatic heterocycles. The zero-order valence-corrected chi connectivity index (χ0v) is 53.1. The third-order valence-electron chi connectivity index (χ3n) is 15.1. The zero-order chi connectivity index (χ0) is 57.8. The molecule has 0 bridgehead atoms. The summed E-state index contributed by atoms with van der Waals surface area (Å²) in [6, 6.07) is 0. The molecule has 0 saturated heterocycles. The Morgan fingerprint density at radius 1 is 0.263 bits per heavy atom. The largest absolute Gasteiger partial charge is 0.462 e. The molecule has 0 aliphatic rings. The Labute approximate surface area is 496 Å². The van der Waals surface area contributed by atoms with E-state index in [0.717, 1.165) is 103 Å². The Bertz CT molecular complexity index is 1520. The number of carbonyl (C=O) groups excluding carboxylic acids is 3. The van der Waals surface area contributed by atoms with Gasteiger partial charge in [-0.15, -0.1) is 0 Å². The average molecular weight is 1120 g/mol. The fraction of sp³-hybridized carbons (Fsp3) is 0.770. The summed E-state index contributed by atoms with van der Waals surface area (Å²) in [6.07, 6.45) is 90.5. The second kappa shape index (κ2) is 68.1. The minimum atomic E-state index is -0.780. The summed E-state index contributed by atoms with van der Waals surface area (Å²) in [6.45, 7) is 6.47. The molecule has 0 N–H and O–H groups in total. The van der Waals surface area contributed by atoms with E-state index in [1.54, 1.807) is 0 Å². The number of carbonyl (C=O) groups is 3. The molecule has 1 unspecified atom stereocenters. The van der Waals surface area contributed by atoms with E-state index in [-0.39, 0.29) is 31.1 Å². The fourth-order valence-electron chi connectivity index (χ4n) is 9.94. The second-order valence-corrected chi connectivity index (χ2v) is 23.1. The van der Waals surface area contributed by atoms with Crippen LogP contribution in [0.15, 0.2) is 85.1 Å². The molecular formula is C74H130O6. The number of esters is 3. The van der Waals surface area contributed by atoms with Crippen LogP contribution in [0.5, 0.6) is 0 Å². The number of allylic oxidation sites excluding steroid dienone is 14. The summed E-state index contributed by atoms with van der Waals surface area (Å²) in [5.41, 5.74) is 0. The lowest BCUT2D eigenvalue weighted by molar-refractivity contribution is -0.167. The Hall–Kier alpha value is -3.41. The monoisotopic (exact) mass is 1110 g/mol. The molecule has 0 aliphatic carbocycles. The van der Waals surface area contributed by atoms with Gasteiger partial charge in [0.05, 0.1) is 0 Å². The fourth-order valence-corrected chi connectivity index (χ4v) is 9.94. The Balaban J connectivity index is 4.09. The molecule has 462 valence electrons. The number of unbranched alkanes of at least 4 members (excludes halogenated alkanes) is 38. The van der Waals surface area contributed by atoms with Gasteiger partial charge in [-0.1, -0.05) is 305 Å². The molecule has 0 radical (unpaired) electrons. The predicted molar refractivity (Wildman–Crippen MR) is 348 cm³/mol. The van der Waals surface area contributed by atoms with Crippen LogP contribution in [0.1, 0.15) is 348 Å². The van der Waals surface area contributed by atoms with Gasteiger partial charge in [-0.25, -0.2) is 0 Å². The number of hydrogen-bond acceptors (Lipinski definition) is 6. The van der Waals surface area contributed by atoms with E-state index < -0.39 is 6.10 Å². The molecule has 0 aromatic carbocycles. The summed E-state index contributed by atoms with van der Waals surface area (Å²) in [5, 5.41) is 0. The van der Waals surface area contributed by atoms with Crippen LogP contribution in [0.4, 0.5) is 0 Å². The van der Waals surface area contributed by atoms with Gasteiger partial charge < -0.3 is 14.2 Å². The molecule has 0 amide bonds. The van der Waals surface area contributed by atoms with Gasteiger partial charge in [-0.05, 0) is 109 Å². The van der Waals surface area contributed by atoms with Crippen LogP contribution < -0.4 is 0 Å². The summed E-state index contributed by atoms with van der Waals surface area (Å²) in [7, 11) is 0. The normalized spacial score (nSPS) is 12.6. The molecule has 0 rings (SSSR count). The highest BCUT2D eigenvalue weighted by atomic mass is 16.6. The first-order valence-corrected chi connectivity index (χ1v) is 34.6. The van der Waals surface area contributed by atoms with Crippen LogP contribution in [0.2, 0.25) is 0 Å². The molecular weight excluding hydrogens is 985 g/mol. The van der Waals surface area contributed by atoms with E-state index >= 15 is 0 Å². The minimum Gasteiger partial charge on any atom is -0.462 e. The first-order chi connectivity index (χ1) is 39.5. The van der Waals surface area contributed by atoms with Crippen LogP contribution in [-0.2, 0) is 28.6 Å². The van der Waals surface area contributed by atoms with Gasteiger partial charge in [0.2, 0.25) is 0 Å². The molecule has 1 atom stereocenters. The third-order valence-corrected chi connectivity index (χ3v) is 15.1.